The standard InChI is InChI=1S/C10H6F4N2O2/c11-4-3-2(8(15)10(17)18)1-16-9(3)7(14)6(13)5(4)12/h1,8,16H,15H2,(H,17,18). The lowest BCUT2D eigenvalue weighted by Crippen LogP contribution is -2.20. The first-order valence-electron chi connectivity index (χ1n) is 4.67. The molecule has 0 saturated carbocycles. The van der Waals surface area contributed by atoms with Crippen molar-refractivity contribution in [1.82, 2.24) is 4.98 Å². The van der Waals surface area contributed by atoms with Crippen molar-refractivity contribution in [2.75, 3.05) is 0 Å². The van der Waals surface area contributed by atoms with Crippen molar-refractivity contribution in [2.45, 2.75) is 6.04 Å². The van der Waals surface area contributed by atoms with Gasteiger partial charge >= 0.3 is 5.97 Å². The van der Waals surface area contributed by atoms with Crippen molar-refractivity contribution in [1.29, 1.82) is 0 Å². The van der Waals surface area contributed by atoms with E-state index in [0.29, 0.717) is 0 Å². The smallest absolute Gasteiger partial charge is 0.325 e. The molecule has 0 radical (unpaired) electrons. The van der Waals surface area contributed by atoms with E-state index in [2.05, 4.69) is 4.98 Å². The molecule has 1 unspecified atom stereocenters. The quantitative estimate of drug-likeness (QED) is 0.438. The number of rotatable bonds is 2. The van der Waals surface area contributed by atoms with Gasteiger partial charge in [-0.05, 0) is 0 Å². The van der Waals surface area contributed by atoms with Crippen LogP contribution in [0.25, 0.3) is 10.9 Å². The fraction of sp³-hybridized carbons (Fsp3) is 0.100. The maximum Gasteiger partial charge on any atom is 0.325 e. The van der Waals surface area contributed by atoms with Crippen LogP contribution in [0.1, 0.15) is 11.6 Å². The summed E-state index contributed by atoms with van der Waals surface area (Å²) < 4.78 is 52.8. The van der Waals surface area contributed by atoms with Crippen molar-refractivity contribution >= 4 is 16.9 Å². The molecule has 4 N–H and O–H groups in total. The Bertz CT molecular complexity index is 653. The maximum atomic E-state index is 13.5. The van der Waals surface area contributed by atoms with Gasteiger partial charge in [-0.15, -0.1) is 0 Å². The summed E-state index contributed by atoms with van der Waals surface area (Å²) in [6.45, 7) is 0. The van der Waals surface area contributed by atoms with Gasteiger partial charge in [0.1, 0.15) is 6.04 Å². The number of fused-ring (bicyclic) bond motifs is 1. The third kappa shape index (κ3) is 1.53. The largest absolute Gasteiger partial charge is 0.480 e. The number of aromatic amines is 1. The molecular weight excluding hydrogens is 256 g/mol. The van der Waals surface area contributed by atoms with Gasteiger partial charge in [-0.3, -0.25) is 4.79 Å². The van der Waals surface area contributed by atoms with Gasteiger partial charge in [-0.25, -0.2) is 17.6 Å². The van der Waals surface area contributed by atoms with Crippen LogP contribution in [-0.2, 0) is 4.79 Å². The van der Waals surface area contributed by atoms with Gasteiger partial charge in [0.15, 0.2) is 23.3 Å². The van der Waals surface area contributed by atoms with Gasteiger partial charge < -0.3 is 15.8 Å². The molecule has 0 fully saturated rings. The molecule has 0 aliphatic rings. The molecule has 96 valence electrons. The molecule has 1 aromatic heterocycles. The third-order valence-electron chi connectivity index (χ3n) is 2.53. The van der Waals surface area contributed by atoms with Crippen molar-refractivity contribution in [3.8, 4) is 0 Å². The summed E-state index contributed by atoms with van der Waals surface area (Å²) in [5.74, 6) is -8.82. The monoisotopic (exact) mass is 262 g/mol. The first-order chi connectivity index (χ1) is 8.36. The van der Waals surface area contributed by atoms with E-state index in [0.717, 1.165) is 6.20 Å². The molecule has 8 heteroatoms. The number of hydrogen-bond acceptors (Lipinski definition) is 2. The Balaban J connectivity index is 2.85. The van der Waals surface area contributed by atoms with Crippen LogP contribution < -0.4 is 5.73 Å². The fourth-order valence-electron chi connectivity index (χ4n) is 1.64. The first kappa shape index (κ1) is 12.4. The Hall–Kier alpha value is -2.09. The molecule has 1 atom stereocenters. The summed E-state index contributed by atoms with van der Waals surface area (Å²) in [5.41, 5.74) is 4.19. The number of carbonyl (C=O) groups is 1. The zero-order valence-electron chi connectivity index (χ0n) is 8.60. The molecule has 2 rings (SSSR count). The molecule has 0 saturated heterocycles. The molecule has 0 aliphatic heterocycles. The van der Waals surface area contributed by atoms with Crippen molar-refractivity contribution in [2.24, 2.45) is 5.73 Å². The molecule has 2 aromatic rings. The highest BCUT2D eigenvalue weighted by molar-refractivity contribution is 5.90. The zero-order valence-corrected chi connectivity index (χ0v) is 8.60. The summed E-state index contributed by atoms with van der Waals surface area (Å²) in [6, 6.07) is -1.68. The minimum absolute atomic E-state index is 0.368. The molecule has 0 spiro atoms. The molecule has 0 aliphatic carbocycles. The van der Waals surface area contributed by atoms with E-state index in [1.54, 1.807) is 0 Å². The number of hydrogen-bond donors (Lipinski definition) is 3. The summed E-state index contributed by atoms with van der Waals surface area (Å²) in [5, 5.41) is 7.97. The van der Waals surface area contributed by atoms with E-state index >= 15 is 0 Å². The van der Waals surface area contributed by atoms with Crippen molar-refractivity contribution in [3.63, 3.8) is 0 Å². The Morgan fingerprint density at radius 1 is 1.17 bits per heavy atom. The van der Waals surface area contributed by atoms with E-state index in [-0.39, 0.29) is 5.56 Å². The minimum atomic E-state index is -2.02. The highest BCUT2D eigenvalue weighted by Gasteiger charge is 2.27. The number of carboxylic acids is 1. The second kappa shape index (κ2) is 3.98. The number of nitrogens with two attached hydrogens (primary N) is 1. The molecule has 18 heavy (non-hydrogen) atoms. The summed E-state index contributed by atoms with van der Waals surface area (Å²) in [6.07, 6.45) is 0.897. The second-order valence-corrected chi connectivity index (χ2v) is 3.57. The van der Waals surface area contributed by atoms with E-state index in [9.17, 15) is 22.4 Å². The Morgan fingerprint density at radius 3 is 2.28 bits per heavy atom. The molecule has 0 amide bonds. The summed E-state index contributed by atoms with van der Waals surface area (Å²) in [7, 11) is 0. The predicted octanol–water partition coefficient (Wildman–Crippen LogP) is 1.81. The lowest BCUT2D eigenvalue weighted by atomic mass is 10.1. The third-order valence-corrected chi connectivity index (χ3v) is 2.53. The van der Waals surface area contributed by atoms with Crippen LogP contribution in [0, 0.1) is 23.3 Å². The minimum Gasteiger partial charge on any atom is -0.480 e. The normalized spacial score (nSPS) is 12.9. The fourth-order valence-corrected chi connectivity index (χ4v) is 1.64. The number of carboxylic acid groups (broad SMARTS) is 1. The molecule has 1 aromatic carbocycles. The number of H-pyrrole nitrogens is 1. The SMILES string of the molecule is NC(C(=O)O)c1c[nH]c2c(F)c(F)c(F)c(F)c12. The lowest BCUT2D eigenvalue weighted by molar-refractivity contribution is -0.138. The molecule has 1 heterocycles. The highest BCUT2D eigenvalue weighted by atomic mass is 19.2. The second-order valence-electron chi connectivity index (χ2n) is 3.57. The van der Waals surface area contributed by atoms with Crippen LogP contribution in [0.2, 0.25) is 0 Å². The zero-order chi connectivity index (χ0) is 13.6. The van der Waals surface area contributed by atoms with Gasteiger partial charge in [0, 0.05) is 17.1 Å². The van der Waals surface area contributed by atoms with Gasteiger partial charge in [-0.1, -0.05) is 0 Å². The number of halogens is 4. The van der Waals surface area contributed by atoms with Crippen LogP contribution in [0.3, 0.4) is 0 Å². The average molecular weight is 262 g/mol. The Labute approximate surface area is 97.0 Å². The topological polar surface area (TPSA) is 79.1 Å². The van der Waals surface area contributed by atoms with Crippen molar-refractivity contribution in [3.05, 3.63) is 35.0 Å². The van der Waals surface area contributed by atoms with Gasteiger partial charge in [0.2, 0.25) is 0 Å². The van der Waals surface area contributed by atoms with Crippen LogP contribution in [0.4, 0.5) is 17.6 Å². The molecule has 4 nitrogen and oxygen atoms in total. The Morgan fingerprint density at radius 2 is 1.72 bits per heavy atom. The van der Waals surface area contributed by atoms with Crippen LogP contribution in [0.15, 0.2) is 6.20 Å². The van der Waals surface area contributed by atoms with E-state index < -0.39 is 46.2 Å². The Kier molecular flexibility index (Phi) is 2.74. The van der Waals surface area contributed by atoms with Gasteiger partial charge in [0.25, 0.3) is 0 Å². The van der Waals surface area contributed by atoms with E-state index in [4.69, 9.17) is 10.8 Å². The number of benzene rings is 1. The highest BCUT2D eigenvalue weighted by Crippen LogP contribution is 2.31. The molecule has 0 bridgehead atoms. The number of aliphatic carboxylic acids is 1. The predicted molar refractivity (Wildman–Crippen MR) is 52.7 cm³/mol. The summed E-state index contributed by atoms with van der Waals surface area (Å²) >= 11 is 0. The number of aromatic nitrogens is 1. The molecular formula is C10H6F4N2O2. The first-order valence-corrected chi connectivity index (χ1v) is 4.67. The lowest BCUT2D eigenvalue weighted by Gasteiger charge is -2.06. The van der Waals surface area contributed by atoms with Gasteiger partial charge in [0.05, 0.1) is 5.52 Å². The van der Waals surface area contributed by atoms with E-state index in [1.165, 1.54) is 0 Å². The van der Waals surface area contributed by atoms with Crippen LogP contribution >= 0.6 is 0 Å². The summed E-state index contributed by atoms with van der Waals surface area (Å²) in [4.78, 5) is 12.8. The average Bonchev–Trinajstić information content (AvgIpc) is 2.77. The van der Waals surface area contributed by atoms with Gasteiger partial charge in [-0.2, -0.15) is 0 Å². The van der Waals surface area contributed by atoms with E-state index in [1.807, 2.05) is 0 Å². The maximum absolute atomic E-state index is 13.5. The number of nitrogens with one attached hydrogen (secondary N) is 1. The van der Waals surface area contributed by atoms with Crippen molar-refractivity contribution < 1.29 is 27.5 Å². The van der Waals surface area contributed by atoms with Crippen LogP contribution in [-0.4, -0.2) is 16.1 Å². The van der Waals surface area contributed by atoms with Crippen LogP contribution in [0.5, 0.6) is 0 Å².